The first-order valence-corrected chi connectivity index (χ1v) is 42.8. The van der Waals surface area contributed by atoms with Crippen molar-refractivity contribution in [1.29, 1.82) is 0 Å². The molecule has 0 radical (unpaired) electrons. The summed E-state index contributed by atoms with van der Waals surface area (Å²) in [6.07, 6.45) is 51.5. The zero-order chi connectivity index (χ0) is 71.0. The van der Waals surface area contributed by atoms with Gasteiger partial charge in [0.2, 0.25) is 0 Å². The summed E-state index contributed by atoms with van der Waals surface area (Å²) in [6.45, 7) is 14.2. The van der Waals surface area contributed by atoms with Gasteiger partial charge in [0.25, 0.3) is 0 Å². The van der Waals surface area contributed by atoms with Gasteiger partial charge in [-0.3, -0.25) is 37.3 Å². The van der Waals surface area contributed by atoms with Crippen LogP contribution in [0.25, 0.3) is 0 Å². The molecule has 0 heterocycles. The fourth-order valence-electron chi connectivity index (χ4n) is 11.7. The molecule has 96 heavy (non-hydrogen) atoms. The number of esters is 4. The highest BCUT2D eigenvalue weighted by atomic mass is 31.2. The maximum absolute atomic E-state index is 13.1. The number of ether oxygens (including phenoxy) is 4. The predicted molar refractivity (Wildman–Crippen MR) is 391 cm³/mol. The first-order chi connectivity index (χ1) is 46.2. The largest absolute Gasteiger partial charge is 0.472 e. The minimum atomic E-state index is -4.96. The van der Waals surface area contributed by atoms with Crippen LogP contribution in [0, 0.1) is 23.7 Å². The average molecular weight is 1410 g/mol. The molecule has 5 unspecified atom stereocenters. The van der Waals surface area contributed by atoms with Crippen LogP contribution >= 0.6 is 15.6 Å². The molecule has 0 aromatic heterocycles. The van der Waals surface area contributed by atoms with E-state index in [1.54, 1.807) is 0 Å². The van der Waals surface area contributed by atoms with Gasteiger partial charge in [-0.05, 0) is 49.4 Å². The van der Waals surface area contributed by atoms with Crippen molar-refractivity contribution in [2.45, 2.75) is 408 Å². The van der Waals surface area contributed by atoms with E-state index in [0.717, 1.165) is 120 Å². The Kier molecular flexibility index (Phi) is 65.0. The van der Waals surface area contributed by atoms with E-state index in [2.05, 4.69) is 55.4 Å². The van der Waals surface area contributed by atoms with Gasteiger partial charge in [0.05, 0.1) is 26.4 Å². The normalized spacial score (nSPS) is 14.7. The van der Waals surface area contributed by atoms with Crippen molar-refractivity contribution in [2.75, 3.05) is 39.6 Å². The molecule has 3 N–H and O–H groups in total. The second-order valence-electron chi connectivity index (χ2n) is 29.2. The molecule has 0 aliphatic carbocycles. The summed E-state index contributed by atoms with van der Waals surface area (Å²) in [5, 5.41) is 10.6. The van der Waals surface area contributed by atoms with Gasteiger partial charge in [0.15, 0.2) is 12.2 Å². The van der Waals surface area contributed by atoms with Gasteiger partial charge in [0.1, 0.15) is 19.3 Å². The van der Waals surface area contributed by atoms with E-state index in [4.69, 9.17) is 37.0 Å². The van der Waals surface area contributed by atoms with Crippen molar-refractivity contribution in [3.8, 4) is 0 Å². The van der Waals surface area contributed by atoms with Crippen LogP contribution < -0.4 is 0 Å². The van der Waals surface area contributed by atoms with Gasteiger partial charge in [-0.25, -0.2) is 9.13 Å². The lowest BCUT2D eigenvalue weighted by molar-refractivity contribution is -0.161. The molecule has 570 valence electrons. The van der Waals surface area contributed by atoms with Crippen molar-refractivity contribution in [3.05, 3.63) is 0 Å². The summed E-state index contributed by atoms with van der Waals surface area (Å²) >= 11 is 0. The molecule has 0 saturated heterocycles. The van der Waals surface area contributed by atoms with Crippen molar-refractivity contribution in [2.24, 2.45) is 23.7 Å². The van der Waals surface area contributed by atoms with Gasteiger partial charge in [0, 0.05) is 25.7 Å². The van der Waals surface area contributed by atoms with E-state index in [-0.39, 0.29) is 25.7 Å². The van der Waals surface area contributed by atoms with E-state index in [1.165, 1.54) is 180 Å². The number of hydrogen-bond donors (Lipinski definition) is 3. The Bertz CT molecular complexity index is 1890. The number of rotatable bonds is 74. The molecule has 0 bridgehead atoms. The van der Waals surface area contributed by atoms with Crippen molar-refractivity contribution in [3.63, 3.8) is 0 Å². The third-order valence-corrected chi connectivity index (χ3v) is 20.4. The van der Waals surface area contributed by atoms with Crippen LogP contribution in [0.15, 0.2) is 0 Å². The lowest BCUT2D eigenvalue weighted by Gasteiger charge is -2.21. The number of phosphoric acid groups is 2. The van der Waals surface area contributed by atoms with E-state index in [0.29, 0.717) is 31.6 Å². The van der Waals surface area contributed by atoms with Gasteiger partial charge in [-0.15, -0.1) is 0 Å². The summed E-state index contributed by atoms with van der Waals surface area (Å²) < 4.78 is 68.5. The fourth-order valence-corrected chi connectivity index (χ4v) is 13.2. The van der Waals surface area contributed by atoms with Crippen LogP contribution in [-0.4, -0.2) is 96.7 Å². The Morgan fingerprint density at radius 2 is 0.500 bits per heavy atom. The van der Waals surface area contributed by atoms with Gasteiger partial charge >= 0.3 is 39.5 Å². The van der Waals surface area contributed by atoms with E-state index in [1.807, 2.05) is 0 Å². The first-order valence-electron chi connectivity index (χ1n) is 39.8. The van der Waals surface area contributed by atoms with Gasteiger partial charge < -0.3 is 33.8 Å². The van der Waals surface area contributed by atoms with Crippen LogP contribution in [0.4, 0.5) is 0 Å². The van der Waals surface area contributed by atoms with Crippen LogP contribution in [0.2, 0.25) is 0 Å². The third kappa shape index (κ3) is 67.9. The molecule has 0 saturated carbocycles. The summed E-state index contributed by atoms with van der Waals surface area (Å²) in [4.78, 5) is 72.8. The molecule has 17 nitrogen and oxygen atoms in total. The highest BCUT2D eigenvalue weighted by Gasteiger charge is 2.30. The van der Waals surface area contributed by atoms with Crippen LogP contribution in [-0.2, 0) is 65.4 Å². The number of aliphatic hydroxyl groups is 1. The molecule has 19 heteroatoms. The number of unbranched alkanes of at least 4 members (excludes halogenated alkanes) is 38. The zero-order valence-electron chi connectivity index (χ0n) is 63.0. The quantitative estimate of drug-likeness (QED) is 0.0222. The lowest BCUT2D eigenvalue weighted by atomic mass is 9.99. The van der Waals surface area contributed by atoms with E-state index in [9.17, 15) is 43.2 Å². The molecular weight excluding hydrogens is 1260 g/mol. The number of carbonyl (C=O) groups excluding carboxylic acids is 4. The topological polar surface area (TPSA) is 237 Å². The summed E-state index contributed by atoms with van der Waals surface area (Å²) in [6, 6.07) is 0. The molecule has 0 aliphatic rings. The summed E-state index contributed by atoms with van der Waals surface area (Å²) in [7, 11) is -9.91. The van der Waals surface area contributed by atoms with Gasteiger partial charge in [-0.1, -0.05) is 338 Å². The second-order valence-corrected chi connectivity index (χ2v) is 32.1. The Hall–Kier alpha value is -1.94. The first kappa shape index (κ1) is 94.1. The monoisotopic (exact) mass is 1410 g/mol. The van der Waals surface area contributed by atoms with Crippen LogP contribution in [0.3, 0.4) is 0 Å². The summed E-state index contributed by atoms with van der Waals surface area (Å²) in [5.41, 5.74) is 0. The van der Waals surface area contributed by atoms with Crippen LogP contribution in [0.1, 0.15) is 389 Å². The molecular formula is C77H150O17P2. The fraction of sp³-hybridized carbons (Fsp3) is 0.948. The van der Waals surface area contributed by atoms with E-state index < -0.39 is 97.5 Å². The van der Waals surface area contributed by atoms with Crippen molar-refractivity contribution >= 4 is 39.5 Å². The maximum atomic E-state index is 13.1. The minimum absolute atomic E-state index is 0.105. The zero-order valence-corrected chi connectivity index (χ0v) is 64.8. The van der Waals surface area contributed by atoms with Crippen LogP contribution in [0.5, 0.6) is 0 Å². The highest BCUT2D eigenvalue weighted by Crippen LogP contribution is 2.45. The molecule has 0 fully saturated rings. The van der Waals surface area contributed by atoms with Gasteiger partial charge in [-0.2, -0.15) is 0 Å². The van der Waals surface area contributed by atoms with E-state index >= 15 is 0 Å². The smallest absolute Gasteiger partial charge is 0.462 e. The number of aliphatic hydroxyl groups excluding tert-OH is 1. The molecule has 0 aromatic carbocycles. The van der Waals surface area contributed by atoms with Crippen molar-refractivity contribution in [1.82, 2.24) is 0 Å². The Morgan fingerprint density at radius 1 is 0.292 bits per heavy atom. The van der Waals surface area contributed by atoms with Crippen molar-refractivity contribution < 1.29 is 80.2 Å². The standard InChI is InChI=1S/C77H150O17P2/c1-9-69(7)55-47-39-31-25-21-17-15-13-11-12-14-16-18-22-26-32-43-51-59-76(81)93-72(63-87-74(79)57-49-41-34-28-30-38-46-54-68(5)6)65-91-95(83,84)89-61-71(78)62-90-96(85,86)92-66-73(64-88-75(80)58-50-42-36-35-40-48-56-70(8)10-2)94-77(82)60-52-44-33-27-23-19-20-24-29-37-45-53-67(3)4/h67-73,78H,9-66H2,1-8H3,(H,83,84)(H,85,86)/t69?,70?,71?,72-,73-/m1/s1. The summed E-state index contributed by atoms with van der Waals surface area (Å²) in [5.74, 6) is 0.949. The molecule has 0 aliphatic heterocycles. The number of carbonyl (C=O) groups is 4. The molecule has 0 rings (SSSR count). The molecule has 0 aromatic rings. The SMILES string of the molecule is CCC(C)CCCCCCCCCCCCCCCCCCCCC(=O)O[C@H](COC(=O)CCCCCCCCCC(C)C)COP(=O)(O)OCC(O)COP(=O)(O)OC[C@@H](COC(=O)CCCCCCCCC(C)CC)OC(=O)CCCCCCCCCCCCCC(C)C. The maximum Gasteiger partial charge on any atom is 0.472 e. The third-order valence-electron chi connectivity index (χ3n) is 18.5. The predicted octanol–water partition coefficient (Wildman–Crippen LogP) is 22.4. The lowest BCUT2D eigenvalue weighted by Crippen LogP contribution is -2.30. The average Bonchev–Trinajstić information content (AvgIpc) is 1.09. The Balaban J connectivity index is 5.17. The number of phosphoric ester groups is 2. The molecule has 7 atom stereocenters. The Morgan fingerprint density at radius 3 is 0.740 bits per heavy atom. The highest BCUT2D eigenvalue weighted by molar-refractivity contribution is 7.47. The molecule has 0 spiro atoms. The second kappa shape index (κ2) is 66.3. The Labute approximate surface area is 588 Å². The minimum Gasteiger partial charge on any atom is -0.462 e. The number of hydrogen-bond acceptors (Lipinski definition) is 15. The molecule has 0 amide bonds.